The van der Waals surface area contributed by atoms with E-state index < -0.39 is 0 Å². The van der Waals surface area contributed by atoms with Gasteiger partial charge in [0.2, 0.25) is 5.91 Å². The van der Waals surface area contributed by atoms with Gasteiger partial charge in [0.15, 0.2) is 5.65 Å². The lowest BCUT2D eigenvalue weighted by molar-refractivity contribution is -0.124. The molecule has 1 aliphatic heterocycles. The first kappa shape index (κ1) is 14.8. The Morgan fingerprint density at radius 3 is 3.09 bits per heavy atom. The number of hydrogen-bond donors (Lipinski definition) is 2. The Balaban J connectivity index is 1.72. The molecule has 3 unspecified atom stereocenters. The largest absolute Gasteiger partial charge is 0.380 e. The van der Waals surface area contributed by atoms with E-state index in [9.17, 15) is 4.79 Å². The zero-order valence-corrected chi connectivity index (χ0v) is 14.0. The van der Waals surface area contributed by atoms with Crippen LogP contribution >= 0.6 is 11.6 Å². The number of aromatic nitrogens is 3. The van der Waals surface area contributed by atoms with Gasteiger partial charge in [0.25, 0.3) is 0 Å². The van der Waals surface area contributed by atoms with Crippen LogP contribution < -0.4 is 10.6 Å². The van der Waals surface area contributed by atoms with Crippen LogP contribution in [0.1, 0.15) is 37.8 Å². The number of hydrogen-bond acceptors (Lipinski definition) is 4. The summed E-state index contributed by atoms with van der Waals surface area (Å²) in [6.07, 6.45) is 5.41. The first-order valence-electron chi connectivity index (χ1n) is 8.11. The molecule has 2 aromatic rings. The molecule has 0 spiro atoms. The van der Waals surface area contributed by atoms with Gasteiger partial charge in [-0.1, -0.05) is 11.6 Å². The highest BCUT2D eigenvalue weighted by Gasteiger charge is 2.32. The topological polar surface area (TPSA) is 71.8 Å². The molecule has 1 fully saturated rings. The van der Waals surface area contributed by atoms with Crippen molar-refractivity contribution in [3.05, 3.63) is 17.0 Å². The molecule has 0 aromatic carbocycles. The van der Waals surface area contributed by atoms with E-state index >= 15 is 0 Å². The molecule has 1 amide bonds. The second-order valence-corrected chi connectivity index (χ2v) is 6.97. The van der Waals surface area contributed by atoms with Gasteiger partial charge in [-0.25, -0.2) is 9.97 Å². The Kier molecular flexibility index (Phi) is 3.44. The predicted molar refractivity (Wildman–Crippen MR) is 89.8 cm³/mol. The summed E-state index contributed by atoms with van der Waals surface area (Å²) in [7, 11) is 1.69. The molecule has 0 radical (unpaired) electrons. The zero-order chi connectivity index (χ0) is 16.1. The van der Waals surface area contributed by atoms with Crippen LogP contribution in [0, 0.1) is 5.92 Å². The van der Waals surface area contributed by atoms with Gasteiger partial charge >= 0.3 is 0 Å². The predicted octanol–water partition coefficient (Wildman–Crippen LogP) is 2.53. The van der Waals surface area contributed by atoms with Gasteiger partial charge < -0.3 is 15.2 Å². The molecule has 6 nitrogen and oxygen atoms in total. The monoisotopic (exact) mass is 333 g/mol. The number of amides is 1. The molecule has 2 N–H and O–H groups in total. The van der Waals surface area contributed by atoms with Crippen LogP contribution in [0.3, 0.4) is 0 Å². The van der Waals surface area contributed by atoms with Crippen molar-refractivity contribution in [2.45, 2.75) is 44.7 Å². The van der Waals surface area contributed by atoms with Gasteiger partial charge in [0.1, 0.15) is 10.7 Å². The van der Waals surface area contributed by atoms with Crippen LogP contribution in [0.5, 0.6) is 0 Å². The van der Waals surface area contributed by atoms with Crippen LogP contribution in [0.15, 0.2) is 6.33 Å². The van der Waals surface area contributed by atoms with Crippen LogP contribution in [0.25, 0.3) is 11.2 Å². The molecule has 4 rings (SSSR count). The van der Waals surface area contributed by atoms with Crippen molar-refractivity contribution in [2.75, 3.05) is 12.4 Å². The van der Waals surface area contributed by atoms with Gasteiger partial charge in [0.05, 0.1) is 12.0 Å². The molecular formula is C16H20ClN5O. The summed E-state index contributed by atoms with van der Waals surface area (Å²) in [5.74, 6) is 0.199. The number of carbonyl (C=O) groups excluding carboxylic acids is 1. The van der Waals surface area contributed by atoms with Crippen LogP contribution in [0.4, 0.5) is 5.69 Å². The summed E-state index contributed by atoms with van der Waals surface area (Å²) in [6.45, 7) is 2.13. The standard InChI is InChI=1S/C16H20ClN5O/c1-8-5-11-12(20-8)13-15(21-14(11)17)22(7-19-13)10-4-3-9(6-10)16(23)18-2/h7-10,20H,3-6H2,1-2H3,(H,18,23). The van der Waals surface area contributed by atoms with Gasteiger partial charge in [-0.15, -0.1) is 0 Å². The number of anilines is 1. The molecule has 1 aliphatic carbocycles. The average molecular weight is 334 g/mol. The Labute approximate surface area is 139 Å². The zero-order valence-electron chi connectivity index (χ0n) is 13.3. The summed E-state index contributed by atoms with van der Waals surface area (Å²) < 4.78 is 2.09. The van der Waals surface area contributed by atoms with Crippen LogP contribution in [-0.4, -0.2) is 33.5 Å². The van der Waals surface area contributed by atoms with Gasteiger partial charge in [-0.05, 0) is 32.6 Å². The minimum atomic E-state index is 0.0745. The number of fused-ring (bicyclic) bond motifs is 3. The van der Waals surface area contributed by atoms with E-state index in [0.29, 0.717) is 11.2 Å². The van der Waals surface area contributed by atoms with E-state index in [1.807, 2.05) is 6.33 Å². The number of rotatable bonds is 2. The minimum absolute atomic E-state index is 0.0745. The first-order valence-corrected chi connectivity index (χ1v) is 8.49. The fraction of sp³-hybridized carbons (Fsp3) is 0.562. The summed E-state index contributed by atoms with van der Waals surface area (Å²) in [5.41, 5.74) is 3.79. The van der Waals surface area contributed by atoms with Crippen molar-refractivity contribution in [2.24, 2.45) is 5.92 Å². The molecule has 23 heavy (non-hydrogen) atoms. The average Bonchev–Trinajstić information content (AvgIpc) is 3.22. The van der Waals surface area contributed by atoms with E-state index in [4.69, 9.17) is 11.6 Å². The van der Waals surface area contributed by atoms with E-state index in [0.717, 1.165) is 48.1 Å². The van der Waals surface area contributed by atoms with Gasteiger partial charge in [0, 0.05) is 30.6 Å². The highest BCUT2D eigenvalue weighted by atomic mass is 35.5. The van der Waals surface area contributed by atoms with E-state index in [2.05, 4.69) is 32.1 Å². The van der Waals surface area contributed by atoms with Gasteiger partial charge in [-0.3, -0.25) is 4.79 Å². The molecule has 2 aromatic heterocycles. The van der Waals surface area contributed by atoms with Crippen LogP contribution in [0.2, 0.25) is 5.15 Å². The third-order valence-electron chi connectivity index (χ3n) is 5.08. The lowest BCUT2D eigenvalue weighted by atomic mass is 10.1. The number of carbonyl (C=O) groups is 1. The lowest BCUT2D eigenvalue weighted by Crippen LogP contribution is -2.25. The third-order valence-corrected chi connectivity index (χ3v) is 5.39. The summed E-state index contributed by atoms with van der Waals surface area (Å²) in [5, 5.41) is 6.77. The third kappa shape index (κ3) is 2.27. The maximum atomic E-state index is 11.9. The molecule has 0 saturated heterocycles. The van der Waals surface area contributed by atoms with Crippen molar-refractivity contribution in [1.82, 2.24) is 19.9 Å². The minimum Gasteiger partial charge on any atom is -0.380 e. The van der Waals surface area contributed by atoms with Crippen molar-refractivity contribution >= 4 is 34.4 Å². The Bertz CT molecular complexity index is 786. The fourth-order valence-electron chi connectivity index (χ4n) is 3.91. The summed E-state index contributed by atoms with van der Waals surface area (Å²) in [4.78, 5) is 21.0. The highest BCUT2D eigenvalue weighted by molar-refractivity contribution is 6.31. The molecule has 122 valence electrons. The lowest BCUT2D eigenvalue weighted by Gasteiger charge is -2.13. The van der Waals surface area contributed by atoms with E-state index in [-0.39, 0.29) is 17.9 Å². The highest BCUT2D eigenvalue weighted by Crippen LogP contribution is 2.40. The summed E-state index contributed by atoms with van der Waals surface area (Å²) >= 11 is 6.39. The number of imidazole rings is 1. The van der Waals surface area contributed by atoms with E-state index in [1.54, 1.807) is 7.05 Å². The summed E-state index contributed by atoms with van der Waals surface area (Å²) in [6, 6.07) is 0.604. The number of pyridine rings is 1. The molecule has 0 bridgehead atoms. The number of halogens is 1. The molecule has 1 saturated carbocycles. The van der Waals surface area contributed by atoms with Crippen molar-refractivity contribution in [1.29, 1.82) is 0 Å². The maximum absolute atomic E-state index is 11.9. The van der Waals surface area contributed by atoms with Crippen molar-refractivity contribution in [3.8, 4) is 0 Å². The number of nitrogens with one attached hydrogen (secondary N) is 2. The van der Waals surface area contributed by atoms with Crippen molar-refractivity contribution < 1.29 is 4.79 Å². The molecular weight excluding hydrogens is 314 g/mol. The second kappa shape index (κ2) is 5.37. The first-order chi connectivity index (χ1) is 11.1. The van der Waals surface area contributed by atoms with Crippen LogP contribution in [-0.2, 0) is 11.2 Å². The van der Waals surface area contributed by atoms with Gasteiger partial charge in [-0.2, -0.15) is 0 Å². The maximum Gasteiger partial charge on any atom is 0.222 e. The quantitative estimate of drug-likeness (QED) is 0.828. The fourth-order valence-corrected chi connectivity index (χ4v) is 4.17. The Morgan fingerprint density at radius 1 is 1.48 bits per heavy atom. The molecule has 2 aliphatic rings. The Hall–Kier alpha value is -1.82. The second-order valence-electron chi connectivity index (χ2n) is 6.61. The molecule has 7 heteroatoms. The molecule has 3 heterocycles. The Morgan fingerprint density at radius 2 is 2.30 bits per heavy atom. The molecule has 3 atom stereocenters. The smallest absolute Gasteiger partial charge is 0.222 e. The SMILES string of the molecule is CNC(=O)C1CCC(n2cnc3c4c(c(Cl)nc32)CC(C)N4)C1. The number of nitrogens with zero attached hydrogens (tertiary/aromatic N) is 3. The van der Waals surface area contributed by atoms with Crippen molar-refractivity contribution in [3.63, 3.8) is 0 Å². The van der Waals surface area contributed by atoms with E-state index in [1.165, 1.54) is 0 Å². The normalized spacial score (nSPS) is 26.3.